The number of benzene rings is 1. The topological polar surface area (TPSA) is 91.9 Å². The van der Waals surface area contributed by atoms with Gasteiger partial charge < -0.3 is 13.6 Å². The van der Waals surface area contributed by atoms with Crippen molar-refractivity contribution in [2.75, 3.05) is 111 Å². The normalized spacial score (nSPS) is 22.4. The minimum Gasteiger partial charge on any atom is -0.328 e. The van der Waals surface area contributed by atoms with E-state index in [0.717, 1.165) is 32.7 Å². The van der Waals surface area contributed by atoms with Crippen molar-refractivity contribution < 1.29 is 27.3 Å². The van der Waals surface area contributed by atoms with Gasteiger partial charge in [-0.05, 0) is 26.3 Å². The summed E-state index contributed by atoms with van der Waals surface area (Å²) in [5.74, 6) is 0. The molecule has 1 aliphatic rings. The highest BCUT2D eigenvalue weighted by Crippen LogP contribution is 2.45. The fourth-order valence-corrected chi connectivity index (χ4v) is 9.95. The number of hydrogen-bond donors (Lipinski definition) is 0. The molecule has 0 aliphatic carbocycles. The second-order valence-electron chi connectivity index (χ2n) is 10.8. The van der Waals surface area contributed by atoms with Gasteiger partial charge in [-0.3, -0.25) is 33.3 Å². The van der Waals surface area contributed by atoms with Gasteiger partial charge in [0.2, 0.25) is 22.1 Å². The van der Waals surface area contributed by atoms with Crippen LogP contribution in [0.15, 0.2) is 30.3 Å². The van der Waals surface area contributed by atoms with Crippen molar-refractivity contribution in [3.8, 4) is 0 Å². The zero-order valence-corrected chi connectivity index (χ0v) is 28.3. The fourth-order valence-electron chi connectivity index (χ4n) is 5.03. The summed E-state index contributed by atoms with van der Waals surface area (Å²) in [5, 5.41) is 0. The molecular formula is C27H53N4O6P3. The minimum absolute atomic E-state index is 0.340. The summed E-state index contributed by atoms with van der Waals surface area (Å²) in [7, 11) is -8.37. The zero-order chi connectivity index (χ0) is 29.7. The van der Waals surface area contributed by atoms with Gasteiger partial charge in [-0.15, -0.1) is 0 Å². The highest BCUT2D eigenvalue weighted by molar-refractivity contribution is 7.58. The zero-order valence-electron chi connectivity index (χ0n) is 25.6. The quantitative estimate of drug-likeness (QED) is 0.261. The van der Waals surface area contributed by atoms with Crippen LogP contribution in [0.1, 0.15) is 26.3 Å². The fraction of sp³-hybridized carbons (Fsp3) is 0.778. The number of hydrogen-bond acceptors (Lipinski definition) is 10. The van der Waals surface area contributed by atoms with Crippen molar-refractivity contribution in [3.05, 3.63) is 35.9 Å². The molecule has 1 aliphatic heterocycles. The van der Waals surface area contributed by atoms with E-state index >= 15 is 0 Å². The molecule has 3 atom stereocenters. The van der Waals surface area contributed by atoms with E-state index in [4.69, 9.17) is 13.6 Å². The van der Waals surface area contributed by atoms with E-state index < -0.39 is 22.1 Å². The molecule has 1 fully saturated rings. The molecule has 0 aromatic heterocycles. The predicted octanol–water partition coefficient (Wildman–Crippen LogP) is 5.11. The highest BCUT2D eigenvalue weighted by atomic mass is 31.2. The lowest BCUT2D eigenvalue weighted by Gasteiger charge is -2.36. The van der Waals surface area contributed by atoms with E-state index in [1.54, 1.807) is 20.0 Å². The van der Waals surface area contributed by atoms with Gasteiger partial charge in [0.15, 0.2) is 0 Å². The first-order valence-corrected chi connectivity index (χ1v) is 21.2. The summed E-state index contributed by atoms with van der Waals surface area (Å²) in [5.41, 5.74) is 1.24. The lowest BCUT2D eigenvalue weighted by molar-refractivity contribution is 0.146. The molecule has 1 saturated heterocycles. The summed E-state index contributed by atoms with van der Waals surface area (Å²) in [6.45, 7) is 18.4. The Bertz CT molecular complexity index is 958. The van der Waals surface area contributed by atoms with Crippen LogP contribution in [0, 0.1) is 0 Å². The summed E-state index contributed by atoms with van der Waals surface area (Å²) in [4.78, 5) is 9.02. The Labute approximate surface area is 243 Å². The molecule has 0 N–H and O–H groups in total. The number of nitrogens with zero attached hydrogens (tertiary/aromatic N) is 4. The Hall–Kier alpha value is -0.370. The smallest absolute Gasteiger partial charge is 0.213 e. The lowest BCUT2D eigenvalue weighted by Crippen LogP contribution is -2.46. The summed E-state index contributed by atoms with van der Waals surface area (Å²) in [6.07, 6.45) is 1.10. The van der Waals surface area contributed by atoms with Gasteiger partial charge in [-0.25, -0.2) is 0 Å². The summed E-state index contributed by atoms with van der Waals surface area (Å²) < 4.78 is 56.3. The van der Waals surface area contributed by atoms with Gasteiger partial charge in [0.05, 0.1) is 38.7 Å². The molecule has 2 rings (SSSR count). The Morgan fingerprint density at radius 1 is 0.550 bits per heavy atom. The molecule has 13 heteroatoms. The first-order valence-electron chi connectivity index (χ1n) is 14.4. The van der Waals surface area contributed by atoms with Gasteiger partial charge >= 0.3 is 0 Å². The Morgan fingerprint density at radius 2 is 0.850 bits per heavy atom. The van der Waals surface area contributed by atoms with Gasteiger partial charge in [-0.1, -0.05) is 30.3 Å². The third kappa shape index (κ3) is 14.7. The molecule has 1 heterocycles. The van der Waals surface area contributed by atoms with E-state index in [-0.39, 0.29) is 0 Å². The first kappa shape index (κ1) is 35.8. The molecule has 10 nitrogen and oxygen atoms in total. The summed E-state index contributed by atoms with van der Waals surface area (Å²) in [6, 6.07) is 10.4. The highest BCUT2D eigenvalue weighted by Gasteiger charge is 2.27. The average molecular weight is 623 g/mol. The second-order valence-corrected chi connectivity index (χ2v) is 18.5. The van der Waals surface area contributed by atoms with Crippen LogP contribution < -0.4 is 0 Å². The molecule has 0 bridgehead atoms. The van der Waals surface area contributed by atoms with Crippen LogP contribution >= 0.6 is 22.1 Å². The van der Waals surface area contributed by atoms with E-state index in [0.29, 0.717) is 64.9 Å². The summed E-state index contributed by atoms with van der Waals surface area (Å²) >= 11 is 0. The molecule has 232 valence electrons. The van der Waals surface area contributed by atoms with E-state index in [1.165, 1.54) is 5.56 Å². The predicted molar refractivity (Wildman–Crippen MR) is 167 cm³/mol. The van der Waals surface area contributed by atoms with E-state index in [9.17, 15) is 13.7 Å². The molecule has 0 spiro atoms. The lowest BCUT2D eigenvalue weighted by atomic mass is 10.2. The third-order valence-electron chi connectivity index (χ3n) is 6.76. The molecule has 1 aromatic carbocycles. The van der Waals surface area contributed by atoms with Crippen molar-refractivity contribution in [2.24, 2.45) is 0 Å². The van der Waals surface area contributed by atoms with E-state index in [1.807, 2.05) is 26.8 Å². The van der Waals surface area contributed by atoms with Gasteiger partial charge in [0.1, 0.15) is 0 Å². The Balaban J connectivity index is 2.30. The maximum atomic E-state index is 13.2. The van der Waals surface area contributed by atoms with Crippen LogP contribution in [-0.2, 0) is 33.8 Å². The standard InChI is InChI=1S/C27H53N4O6P3/c1-7-35-38(4,32)24-29-17-15-28(23-27-13-11-10-12-14-27)16-18-30(25-39(5,33)36-8-2)20-22-31(21-19-29)26-40(6,34)37-9-3/h10-14H,7-9,15-26H2,1-6H3. The van der Waals surface area contributed by atoms with Crippen LogP contribution in [0.4, 0.5) is 0 Å². The molecule has 1 aromatic rings. The maximum Gasteiger partial charge on any atom is 0.213 e. The van der Waals surface area contributed by atoms with Crippen molar-refractivity contribution in [3.63, 3.8) is 0 Å². The van der Waals surface area contributed by atoms with Crippen LogP contribution in [0.3, 0.4) is 0 Å². The Morgan fingerprint density at radius 3 is 1.15 bits per heavy atom. The van der Waals surface area contributed by atoms with Crippen molar-refractivity contribution >= 4 is 22.1 Å². The second kappa shape index (κ2) is 17.7. The van der Waals surface area contributed by atoms with E-state index in [2.05, 4.69) is 43.9 Å². The SMILES string of the molecule is CCOP(C)(=O)CN1CCN(Cc2ccccc2)CCN(CP(C)(=O)OCC)CCN(CP(C)(=O)OCC)CC1. The molecule has 0 amide bonds. The maximum absolute atomic E-state index is 13.2. The largest absolute Gasteiger partial charge is 0.328 e. The van der Waals surface area contributed by atoms with Crippen molar-refractivity contribution in [1.82, 2.24) is 19.6 Å². The van der Waals surface area contributed by atoms with Gasteiger partial charge in [0.25, 0.3) is 0 Å². The third-order valence-corrected chi connectivity index (χ3v) is 11.9. The molecule has 0 saturated carbocycles. The van der Waals surface area contributed by atoms with Crippen molar-refractivity contribution in [1.29, 1.82) is 0 Å². The van der Waals surface area contributed by atoms with Crippen LogP contribution in [0.2, 0.25) is 0 Å². The molecule has 40 heavy (non-hydrogen) atoms. The van der Waals surface area contributed by atoms with Crippen LogP contribution in [0.25, 0.3) is 0 Å². The molecule has 0 radical (unpaired) electrons. The average Bonchev–Trinajstić information content (AvgIpc) is 2.85. The van der Waals surface area contributed by atoms with Gasteiger partial charge in [-0.2, -0.15) is 0 Å². The van der Waals surface area contributed by atoms with Crippen molar-refractivity contribution in [2.45, 2.75) is 27.3 Å². The number of rotatable bonds is 14. The first-order chi connectivity index (χ1) is 18.9. The monoisotopic (exact) mass is 622 g/mol. The van der Waals surface area contributed by atoms with Crippen LogP contribution in [-0.4, -0.2) is 131 Å². The van der Waals surface area contributed by atoms with Gasteiger partial charge in [0, 0.05) is 78.9 Å². The van der Waals surface area contributed by atoms with Crippen LogP contribution in [0.5, 0.6) is 0 Å². The minimum atomic E-state index is -2.81. The molecule has 3 unspecified atom stereocenters. The Kier molecular flexibility index (Phi) is 15.8. The molecular weight excluding hydrogens is 569 g/mol.